The van der Waals surface area contributed by atoms with Crippen molar-refractivity contribution in [3.05, 3.63) is 89.0 Å². The van der Waals surface area contributed by atoms with Gasteiger partial charge in [-0.3, -0.25) is 0 Å². The normalized spacial score (nSPS) is 15.4. The zero-order chi connectivity index (χ0) is 22.1. The van der Waals surface area contributed by atoms with Crippen molar-refractivity contribution < 1.29 is 19.4 Å². The Balaban J connectivity index is 2.00. The van der Waals surface area contributed by atoms with Crippen molar-refractivity contribution in [2.75, 3.05) is 0 Å². The molecule has 0 bridgehead atoms. The van der Waals surface area contributed by atoms with Crippen molar-refractivity contribution in [3.8, 4) is 22.3 Å². The standard InChI is InChI=1S/C28H29.2ClH.Zr/c1-19(2)16-21-17-23-14-15-24(20(3)4)28(27(23)18-21)26-13-9-8-12-25(26)22-10-6-5-7-11-22;;;/h5-15,17-20H,16H2,1-4H3;2*1H;/q;;;+2/p-2. The number of hydrogen-bond acceptors (Lipinski definition) is 0. The molecule has 3 aromatic rings. The Labute approximate surface area is 202 Å². The summed E-state index contributed by atoms with van der Waals surface area (Å²) in [5.41, 5.74) is 10.7. The van der Waals surface area contributed by atoms with E-state index in [1.807, 2.05) is 0 Å². The molecule has 0 saturated carbocycles. The van der Waals surface area contributed by atoms with Gasteiger partial charge in [0.05, 0.1) is 0 Å². The van der Waals surface area contributed by atoms with Gasteiger partial charge >= 0.3 is 203 Å². The first-order valence-electron chi connectivity index (χ1n) is 11.1. The van der Waals surface area contributed by atoms with E-state index in [0.29, 0.717) is 11.8 Å². The van der Waals surface area contributed by atoms with E-state index in [0.717, 1.165) is 6.42 Å². The fourth-order valence-corrected chi connectivity index (χ4v) is 10.2. The van der Waals surface area contributed by atoms with Crippen LogP contribution in [0.1, 0.15) is 60.3 Å². The molecule has 31 heavy (non-hydrogen) atoms. The fourth-order valence-electron chi connectivity index (χ4n) is 4.79. The third-order valence-corrected chi connectivity index (χ3v) is 11.4. The number of rotatable bonds is 6. The molecule has 159 valence electrons. The monoisotopic (exact) mass is 525 g/mol. The van der Waals surface area contributed by atoms with Crippen LogP contribution in [0.25, 0.3) is 28.3 Å². The molecule has 0 heterocycles. The zero-order valence-electron chi connectivity index (χ0n) is 18.6. The average molecular weight is 528 g/mol. The molecule has 0 radical (unpaired) electrons. The van der Waals surface area contributed by atoms with Crippen LogP contribution >= 0.6 is 17.0 Å². The summed E-state index contributed by atoms with van der Waals surface area (Å²) < 4.78 is 0.256. The Bertz CT molecular complexity index is 1100. The summed E-state index contributed by atoms with van der Waals surface area (Å²) in [5.74, 6) is 1.01. The molecule has 1 unspecified atom stereocenters. The number of allylic oxidation sites excluding steroid dienone is 1. The first-order valence-corrected chi connectivity index (χ1v) is 18.8. The average Bonchev–Trinajstić information content (AvgIpc) is 3.11. The van der Waals surface area contributed by atoms with Crippen LogP contribution in [-0.4, -0.2) is 0 Å². The van der Waals surface area contributed by atoms with Gasteiger partial charge < -0.3 is 0 Å². The van der Waals surface area contributed by atoms with Gasteiger partial charge in [0.2, 0.25) is 0 Å². The van der Waals surface area contributed by atoms with E-state index in [-0.39, 0.29) is 3.63 Å². The summed E-state index contributed by atoms with van der Waals surface area (Å²) >= 11 is -2.54. The van der Waals surface area contributed by atoms with E-state index in [1.54, 1.807) is 0 Å². The second-order valence-corrected chi connectivity index (χ2v) is 17.9. The molecular formula is C28H29Cl2Zr. The van der Waals surface area contributed by atoms with Gasteiger partial charge in [-0.25, -0.2) is 0 Å². The van der Waals surface area contributed by atoms with Crippen LogP contribution < -0.4 is 0 Å². The predicted octanol–water partition coefficient (Wildman–Crippen LogP) is 9.55. The van der Waals surface area contributed by atoms with Gasteiger partial charge in [0.15, 0.2) is 0 Å². The summed E-state index contributed by atoms with van der Waals surface area (Å²) in [6.07, 6.45) is 3.48. The quantitative estimate of drug-likeness (QED) is 0.299. The topological polar surface area (TPSA) is 0 Å². The number of hydrogen-bond donors (Lipinski definition) is 0. The van der Waals surface area contributed by atoms with E-state index in [4.69, 9.17) is 17.0 Å². The zero-order valence-corrected chi connectivity index (χ0v) is 22.6. The van der Waals surface area contributed by atoms with Crippen molar-refractivity contribution in [1.82, 2.24) is 0 Å². The van der Waals surface area contributed by atoms with Crippen molar-refractivity contribution in [1.29, 1.82) is 0 Å². The maximum atomic E-state index is 6.74. The molecule has 1 aliphatic rings. The molecule has 0 spiro atoms. The molecule has 0 aliphatic heterocycles. The molecular weight excluding hydrogens is 498 g/mol. The number of benzene rings is 3. The van der Waals surface area contributed by atoms with Crippen molar-refractivity contribution in [2.45, 2.75) is 43.7 Å². The SMILES string of the molecule is CC(C)CC1=Cc2c(ccc(C(C)C)c2-c2ccccc2-c2ccccc2)[CH]1[Zr]([Cl])[Cl]. The molecule has 1 atom stereocenters. The van der Waals surface area contributed by atoms with E-state index >= 15 is 0 Å². The van der Waals surface area contributed by atoms with Crippen molar-refractivity contribution in [3.63, 3.8) is 0 Å². The molecule has 3 aromatic carbocycles. The molecule has 4 rings (SSSR count). The van der Waals surface area contributed by atoms with Crippen LogP contribution in [0.4, 0.5) is 0 Å². The van der Waals surface area contributed by atoms with Crippen LogP contribution in [0.2, 0.25) is 0 Å². The van der Waals surface area contributed by atoms with Gasteiger partial charge in [0.1, 0.15) is 0 Å². The summed E-state index contributed by atoms with van der Waals surface area (Å²) in [5, 5.41) is 0. The van der Waals surface area contributed by atoms with Gasteiger partial charge in [-0.05, 0) is 0 Å². The summed E-state index contributed by atoms with van der Waals surface area (Å²) in [7, 11) is 13.5. The van der Waals surface area contributed by atoms with Gasteiger partial charge in [0, 0.05) is 0 Å². The van der Waals surface area contributed by atoms with Crippen LogP contribution in [-0.2, 0) is 19.4 Å². The summed E-state index contributed by atoms with van der Waals surface area (Å²) in [6.45, 7) is 9.12. The third kappa shape index (κ3) is 4.66. The minimum absolute atomic E-state index is 0.256. The molecule has 0 aromatic heterocycles. The van der Waals surface area contributed by atoms with Crippen LogP contribution in [0.3, 0.4) is 0 Å². The fraction of sp³-hybridized carbons (Fsp3) is 0.286. The van der Waals surface area contributed by atoms with Crippen LogP contribution in [0, 0.1) is 5.92 Å². The molecule has 0 fully saturated rings. The summed E-state index contributed by atoms with van der Waals surface area (Å²) in [4.78, 5) is 0. The van der Waals surface area contributed by atoms with Crippen LogP contribution in [0.15, 0.2) is 72.3 Å². The van der Waals surface area contributed by atoms with E-state index in [1.165, 1.54) is 44.5 Å². The Morgan fingerprint density at radius 3 is 2.06 bits per heavy atom. The molecule has 3 heteroatoms. The Kier molecular flexibility index (Phi) is 7.27. The minimum atomic E-state index is -2.54. The van der Waals surface area contributed by atoms with Gasteiger partial charge in [-0.2, -0.15) is 0 Å². The van der Waals surface area contributed by atoms with E-state index in [9.17, 15) is 0 Å². The van der Waals surface area contributed by atoms with Crippen molar-refractivity contribution >= 4 is 23.1 Å². The molecule has 0 nitrogen and oxygen atoms in total. The third-order valence-electron chi connectivity index (χ3n) is 6.09. The Morgan fingerprint density at radius 2 is 1.45 bits per heavy atom. The van der Waals surface area contributed by atoms with Crippen LogP contribution in [0.5, 0.6) is 0 Å². The molecule has 0 N–H and O–H groups in total. The first kappa shape index (κ1) is 23.0. The van der Waals surface area contributed by atoms with E-state index < -0.39 is 19.4 Å². The van der Waals surface area contributed by atoms with Crippen molar-refractivity contribution in [2.24, 2.45) is 5.92 Å². The second kappa shape index (κ2) is 9.78. The summed E-state index contributed by atoms with van der Waals surface area (Å²) in [6, 6.07) is 24.1. The predicted molar refractivity (Wildman–Crippen MR) is 133 cm³/mol. The van der Waals surface area contributed by atoms with Gasteiger partial charge in [0.25, 0.3) is 0 Å². The molecule has 0 saturated heterocycles. The maximum absolute atomic E-state index is 6.74. The number of halogens is 2. The van der Waals surface area contributed by atoms with Gasteiger partial charge in [-0.1, -0.05) is 0 Å². The molecule has 0 amide bonds. The van der Waals surface area contributed by atoms with Gasteiger partial charge in [-0.15, -0.1) is 0 Å². The Hall–Kier alpha value is -1.14. The Morgan fingerprint density at radius 1 is 0.806 bits per heavy atom. The second-order valence-electron chi connectivity index (χ2n) is 9.14. The number of fused-ring (bicyclic) bond motifs is 1. The van der Waals surface area contributed by atoms with E-state index in [2.05, 4.69) is 101 Å². The molecule has 1 aliphatic carbocycles. The first-order chi connectivity index (χ1) is 14.9.